The number of carbonyl (C=O) groups is 2. The molecule has 5 N–H and O–H groups in total. The van der Waals surface area contributed by atoms with E-state index in [1.54, 1.807) is 6.92 Å². The Morgan fingerprint density at radius 3 is 2.19 bits per heavy atom. The molecule has 0 amide bonds. The van der Waals surface area contributed by atoms with Gasteiger partial charge in [-0.1, -0.05) is 12.2 Å². The molecule has 0 aromatic rings. The van der Waals surface area contributed by atoms with E-state index in [2.05, 4.69) is 0 Å². The first-order valence-corrected chi connectivity index (χ1v) is 4.44. The molecular formula is C10H14N2O4. The molecule has 1 atom stereocenters. The van der Waals surface area contributed by atoms with Crippen LogP contribution in [0.5, 0.6) is 0 Å². The number of hydrogen-bond donors (Lipinski definition) is 4. The molecule has 6 heteroatoms. The van der Waals surface area contributed by atoms with Crippen LogP contribution in [0.1, 0.15) is 13.3 Å². The Morgan fingerprint density at radius 2 is 1.81 bits per heavy atom. The molecule has 0 fully saturated rings. The summed E-state index contributed by atoms with van der Waals surface area (Å²) >= 11 is 0. The molecule has 0 radical (unpaired) electrons. The van der Waals surface area contributed by atoms with Crippen molar-refractivity contribution in [3.63, 3.8) is 0 Å². The summed E-state index contributed by atoms with van der Waals surface area (Å²) in [7, 11) is 0. The van der Waals surface area contributed by atoms with Crippen LogP contribution in [0.15, 0.2) is 24.3 Å². The Labute approximate surface area is 92.6 Å². The monoisotopic (exact) mass is 226 g/mol. The zero-order chi connectivity index (χ0) is 12.8. The second-order valence-electron chi connectivity index (χ2n) is 3.45. The predicted octanol–water partition coefficient (Wildman–Crippen LogP) is 0.600. The number of amidine groups is 1. The van der Waals surface area contributed by atoms with Gasteiger partial charge in [-0.3, -0.25) is 5.41 Å². The highest BCUT2D eigenvalue weighted by atomic mass is 16.4. The van der Waals surface area contributed by atoms with E-state index < -0.39 is 17.4 Å². The van der Waals surface area contributed by atoms with Gasteiger partial charge in [0, 0.05) is 17.6 Å². The quantitative estimate of drug-likeness (QED) is 0.300. The van der Waals surface area contributed by atoms with Crippen LogP contribution in [-0.4, -0.2) is 28.0 Å². The minimum Gasteiger partial charge on any atom is -0.478 e. The van der Waals surface area contributed by atoms with Crippen LogP contribution in [0.4, 0.5) is 0 Å². The summed E-state index contributed by atoms with van der Waals surface area (Å²) in [6, 6.07) is 0. The summed E-state index contributed by atoms with van der Waals surface area (Å²) in [6.45, 7) is 1.56. The minimum absolute atomic E-state index is 0.151. The first-order valence-electron chi connectivity index (χ1n) is 4.44. The van der Waals surface area contributed by atoms with Gasteiger partial charge in [-0.05, 0) is 13.3 Å². The van der Waals surface area contributed by atoms with Gasteiger partial charge in [0.25, 0.3) is 0 Å². The summed E-state index contributed by atoms with van der Waals surface area (Å²) < 4.78 is 0. The third-order valence-electron chi connectivity index (χ3n) is 2.01. The molecule has 1 unspecified atom stereocenters. The first-order chi connectivity index (χ1) is 7.28. The Bertz CT molecular complexity index is 360. The van der Waals surface area contributed by atoms with E-state index in [9.17, 15) is 9.59 Å². The molecule has 0 spiro atoms. The number of carboxylic acids is 2. The Balaban J connectivity index is 4.77. The van der Waals surface area contributed by atoms with Crippen molar-refractivity contribution in [1.82, 2.24) is 0 Å². The van der Waals surface area contributed by atoms with Crippen LogP contribution in [0.2, 0.25) is 0 Å². The molecule has 0 aliphatic heterocycles. The van der Waals surface area contributed by atoms with Gasteiger partial charge in [-0.15, -0.1) is 0 Å². The average molecular weight is 226 g/mol. The predicted molar refractivity (Wildman–Crippen MR) is 58.2 cm³/mol. The maximum Gasteiger partial charge on any atom is 0.328 e. The normalized spacial score (nSPS) is 15.1. The summed E-state index contributed by atoms with van der Waals surface area (Å²) in [6.07, 6.45) is 4.56. The maximum atomic E-state index is 10.3. The summed E-state index contributed by atoms with van der Waals surface area (Å²) in [5, 5.41) is 24.2. The molecule has 0 heterocycles. The highest BCUT2D eigenvalue weighted by molar-refractivity contribution is 5.88. The lowest BCUT2D eigenvalue weighted by Crippen LogP contribution is -2.31. The van der Waals surface area contributed by atoms with Crippen LogP contribution >= 0.6 is 0 Å². The van der Waals surface area contributed by atoms with Gasteiger partial charge < -0.3 is 15.9 Å². The molecule has 0 bridgehead atoms. The van der Waals surface area contributed by atoms with E-state index in [-0.39, 0.29) is 12.3 Å². The summed E-state index contributed by atoms with van der Waals surface area (Å²) in [5.41, 5.74) is 4.35. The Morgan fingerprint density at radius 1 is 1.31 bits per heavy atom. The number of rotatable bonds is 6. The SMILES string of the molecule is CC(C=CC(=O)O)(CC=CC(=O)O)C(=N)N. The van der Waals surface area contributed by atoms with Crippen molar-refractivity contribution in [2.45, 2.75) is 13.3 Å². The molecule has 0 aliphatic rings. The lowest BCUT2D eigenvalue weighted by atomic mass is 9.85. The summed E-state index contributed by atoms with van der Waals surface area (Å²) in [4.78, 5) is 20.6. The average Bonchev–Trinajstić information content (AvgIpc) is 2.13. The molecule has 0 saturated carbocycles. The molecular weight excluding hydrogens is 212 g/mol. The second-order valence-corrected chi connectivity index (χ2v) is 3.45. The van der Waals surface area contributed by atoms with Gasteiger partial charge in [0.15, 0.2) is 0 Å². The van der Waals surface area contributed by atoms with Crippen LogP contribution in [0.25, 0.3) is 0 Å². The zero-order valence-electron chi connectivity index (χ0n) is 8.80. The van der Waals surface area contributed by atoms with Crippen molar-refractivity contribution in [3.05, 3.63) is 24.3 Å². The molecule has 16 heavy (non-hydrogen) atoms. The lowest BCUT2D eigenvalue weighted by Gasteiger charge is -2.22. The first kappa shape index (κ1) is 13.9. The largest absolute Gasteiger partial charge is 0.478 e. The highest BCUT2D eigenvalue weighted by Gasteiger charge is 2.23. The smallest absolute Gasteiger partial charge is 0.328 e. The minimum atomic E-state index is -1.14. The third-order valence-corrected chi connectivity index (χ3v) is 2.01. The van der Waals surface area contributed by atoms with Crippen LogP contribution < -0.4 is 5.73 Å². The fourth-order valence-electron chi connectivity index (χ4n) is 0.928. The van der Waals surface area contributed by atoms with Gasteiger partial charge in [0.05, 0.1) is 0 Å². The standard InChI is InChI=1S/C10H14N2O4/c1-10(9(11)12,6-4-8(15)16)5-2-3-7(13)14/h2-4,6H,5H2,1H3,(H3,11,12)(H,13,14)(H,15,16). The highest BCUT2D eigenvalue weighted by Crippen LogP contribution is 2.23. The Kier molecular flexibility index (Phi) is 4.94. The van der Waals surface area contributed by atoms with Gasteiger partial charge >= 0.3 is 11.9 Å². The second kappa shape index (κ2) is 5.69. The van der Waals surface area contributed by atoms with Crippen molar-refractivity contribution >= 4 is 17.8 Å². The number of nitrogens with two attached hydrogens (primary N) is 1. The van der Waals surface area contributed by atoms with Crippen LogP contribution in [0.3, 0.4) is 0 Å². The van der Waals surface area contributed by atoms with Gasteiger partial charge in [-0.2, -0.15) is 0 Å². The van der Waals surface area contributed by atoms with Crippen molar-refractivity contribution in [1.29, 1.82) is 5.41 Å². The number of nitrogens with one attached hydrogen (secondary N) is 1. The fourth-order valence-corrected chi connectivity index (χ4v) is 0.928. The van der Waals surface area contributed by atoms with Crippen LogP contribution in [-0.2, 0) is 9.59 Å². The topological polar surface area (TPSA) is 124 Å². The van der Waals surface area contributed by atoms with E-state index in [0.29, 0.717) is 0 Å². The van der Waals surface area contributed by atoms with Crippen molar-refractivity contribution in [3.8, 4) is 0 Å². The van der Waals surface area contributed by atoms with Crippen LogP contribution in [0, 0.1) is 10.8 Å². The van der Waals surface area contributed by atoms with Crippen molar-refractivity contribution < 1.29 is 19.8 Å². The lowest BCUT2D eigenvalue weighted by molar-refractivity contribution is -0.132. The molecule has 0 rings (SSSR count). The number of allylic oxidation sites excluding steroid dienone is 1. The van der Waals surface area contributed by atoms with Gasteiger partial charge in [-0.25, -0.2) is 9.59 Å². The van der Waals surface area contributed by atoms with E-state index in [1.807, 2.05) is 0 Å². The zero-order valence-corrected chi connectivity index (χ0v) is 8.80. The summed E-state index contributed by atoms with van der Waals surface area (Å²) in [5.74, 6) is -2.47. The van der Waals surface area contributed by atoms with E-state index in [0.717, 1.165) is 12.2 Å². The Hall–Kier alpha value is -2.11. The van der Waals surface area contributed by atoms with Crippen molar-refractivity contribution in [2.24, 2.45) is 11.1 Å². The van der Waals surface area contributed by atoms with E-state index >= 15 is 0 Å². The molecule has 88 valence electrons. The maximum absolute atomic E-state index is 10.3. The number of carboxylic acid groups (broad SMARTS) is 2. The molecule has 6 nitrogen and oxygen atoms in total. The number of aliphatic carboxylic acids is 2. The van der Waals surface area contributed by atoms with E-state index in [4.69, 9.17) is 21.4 Å². The molecule has 0 aromatic carbocycles. The van der Waals surface area contributed by atoms with Gasteiger partial charge in [0.2, 0.25) is 0 Å². The van der Waals surface area contributed by atoms with Crippen molar-refractivity contribution in [2.75, 3.05) is 0 Å². The molecule has 0 aliphatic carbocycles. The fraction of sp³-hybridized carbons (Fsp3) is 0.300. The third kappa shape index (κ3) is 4.94. The van der Waals surface area contributed by atoms with Gasteiger partial charge in [0.1, 0.15) is 5.84 Å². The molecule has 0 saturated heterocycles. The van der Waals surface area contributed by atoms with E-state index in [1.165, 1.54) is 12.2 Å². The number of hydrogen-bond acceptors (Lipinski definition) is 3. The molecule has 0 aromatic heterocycles.